The van der Waals surface area contributed by atoms with Gasteiger partial charge in [0, 0.05) is 41.1 Å². The fraction of sp³-hybridized carbons (Fsp3) is 0.360. The number of ether oxygens (including phenoxy) is 1. The molecule has 0 N–H and O–H groups in total. The molecule has 10 heteroatoms. The summed E-state index contributed by atoms with van der Waals surface area (Å²) >= 11 is 12.2. The van der Waals surface area contributed by atoms with Gasteiger partial charge in [-0.25, -0.2) is 14.4 Å². The third-order valence-electron chi connectivity index (χ3n) is 6.74. The molecule has 2 aliphatic rings. The van der Waals surface area contributed by atoms with Crippen LogP contribution in [-0.2, 0) is 4.74 Å². The molecule has 0 bridgehead atoms. The predicted molar refractivity (Wildman–Crippen MR) is 131 cm³/mol. The second kappa shape index (κ2) is 8.69. The van der Waals surface area contributed by atoms with E-state index >= 15 is 0 Å². The van der Waals surface area contributed by atoms with Gasteiger partial charge in [-0.2, -0.15) is 5.10 Å². The summed E-state index contributed by atoms with van der Waals surface area (Å²) < 4.78 is 24.4. The van der Waals surface area contributed by atoms with Gasteiger partial charge in [0.15, 0.2) is 5.65 Å². The summed E-state index contributed by atoms with van der Waals surface area (Å²) in [6.45, 7) is 2.18. The van der Waals surface area contributed by atoms with E-state index in [1.54, 1.807) is 25.3 Å². The van der Waals surface area contributed by atoms with E-state index < -0.39 is 11.4 Å². The van der Waals surface area contributed by atoms with E-state index in [9.17, 15) is 9.18 Å². The molecule has 0 radical (unpaired) electrons. The van der Waals surface area contributed by atoms with Crippen LogP contribution in [0.2, 0.25) is 10.0 Å². The molecule has 2 atom stereocenters. The van der Waals surface area contributed by atoms with E-state index in [1.807, 2.05) is 10.9 Å². The van der Waals surface area contributed by atoms with Crippen molar-refractivity contribution in [2.75, 3.05) is 6.61 Å². The largest absolute Gasteiger partial charge is 0.373 e. The van der Waals surface area contributed by atoms with Gasteiger partial charge in [-0.05, 0) is 50.8 Å². The van der Waals surface area contributed by atoms with Crippen LogP contribution >= 0.6 is 23.2 Å². The number of nitrogens with zero attached hydrogens (tertiary/aromatic N) is 5. The van der Waals surface area contributed by atoms with Gasteiger partial charge in [-0.15, -0.1) is 0 Å². The molecular formula is C25H22Cl2FN5O2. The molecule has 1 saturated heterocycles. The zero-order valence-corrected chi connectivity index (χ0v) is 20.4. The Morgan fingerprint density at radius 1 is 1.14 bits per heavy atom. The van der Waals surface area contributed by atoms with Crippen LogP contribution in [0, 0.1) is 12.7 Å². The second-order valence-corrected chi connectivity index (χ2v) is 10.0. The molecule has 2 fully saturated rings. The second-order valence-electron chi connectivity index (χ2n) is 9.21. The first-order valence-electron chi connectivity index (χ1n) is 11.6. The minimum Gasteiger partial charge on any atom is -0.373 e. The summed E-state index contributed by atoms with van der Waals surface area (Å²) in [4.78, 5) is 22.4. The average Bonchev–Trinajstić information content (AvgIpc) is 3.59. The number of hydrogen-bond donors (Lipinski definition) is 0. The molecule has 0 unspecified atom stereocenters. The Morgan fingerprint density at radius 2 is 1.97 bits per heavy atom. The van der Waals surface area contributed by atoms with Crippen molar-refractivity contribution in [2.24, 2.45) is 0 Å². The van der Waals surface area contributed by atoms with Crippen LogP contribution in [-0.4, -0.2) is 30.8 Å². The monoisotopic (exact) mass is 513 g/mol. The summed E-state index contributed by atoms with van der Waals surface area (Å²) in [6.07, 6.45) is 9.17. The normalized spacial score (nSPS) is 20.5. The van der Waals surface area contributed by atoms with Crippen LogP contribution in [0.4, 0.5) is 4.39 Å². The smallest absolute Gasteiger partial charge is 0.277 e. The Hall–Kier alpha value is -2.81. The molecule has 1 saturated carbocycles. The van der Waals surface area contributed by atoms with Crippen molar-refractivity contribution in [3.63, 3.8) is 0 Å². The molecule has 4 heterocycles. The van der Waals surface area contributed by atoms with E-state index in [0.29, 0.717) is 30.5 Å². The molecule has 1 aromatic carbocycles. The fourth-order valence-electron chi connectivity index (χ4n) is 4.66. The van der Waals surface area contributed by atoms with Crippen molar-refractivity contribution in [1.29, 1.82) is 0 Å². The highest BCUT2D eigenvalue weighted by Crippen LogP contribution is 2.40. The van der Waals surface area contributed by atoms with Crippen LogP contribution in [0.3, 0.4) is 0 Å². The molecule has 1 aliphatic carbocycles. The standard InChI is InChI=1S/C25H22Cl2FN5O2/c1-13-22(27)25(34)32-12-20(31-23(24(32)30-13)18-5-2-16(26)9-19(18)28)14-6-7-35-21(8-14)15-10-29-33(11-15)17-3-4-17/h2,5,9-12,14,17,21H,3-4,6-8H2,1H3/t14-,21-/m0/s1. The molecular weight excluding hydrogens is 492 g/mol. The highest BCUT2D eigenvalue weighted by atomic mass is 35.5. The fourth-order valence-corrected chi connectivity index (χ4v) is 4.95. The Bertz CT molecular complexity index is 1510. The molecule has 0 spiro atoms. The van der Waals surface area contributed by atoms with Crippen molar-refractivity contribution in [3.8, 4) is 11.3 Å². The first-order chi connectivity index (χ1) is 16.9. The average molecular weight is 514 g/mol. The third kappa shape index (κ3) is 4.13. The quantitative estimate of drug-likeness (QED) is 0.351. The Labute approximate surface area is 210 Å². The lowest BCUT2D eigenvalue weighted by Gasteiger charge is -2.29. The van der Waals surface area contributed by atoms with Gasteiger partial charge >= 0.3 is 0 Å². The first kappa shape index (κ1) is 22.6. The number of halogens is 3. The first-order valence-corrected chi connectivity index (χ1v) is 12.3. The summed E-state index contributed by atoms with van der Waals surface area (Å²) in [6, 6.07) is 4.87. The van der Waals surface area contributed by atoms with E-state index in [-0.39, 0.29) is 39.0 Å². The molecule has 180 valence electrons. The Kier molecular flexibility index (Phi) is 5.62. The molecule has 35 heavy (non-hydrogen) atoms. The third-order valence-corrected chi connectivity index (χ3v) is 7.41. The molecule has 3 aromatic heterocycles. The predicted octanol–water partition coefficient (Wildman–Crippen LogP) is 5.68. The topological polar surface area (TPSA) is 74.3 Å². The van der Waals surface area contributed by atoms with Gasteiger partial charge in [0.25, 0.3) is 5.56 Å². The lowest BCUT2D eigenvalue weighted by atomic mass is 9.90. The molecule has 6 rings (SSSR count). The molecule has 7 nitrogen and oxygen atoms in total. The summed E-state index contributed by atoms with van der Waals surface area (Å²) in [5.74, 6) is -0.549. The Balaban J connectivity index is 1.45. The highest BCUT2D eigenvalue weighted by Gasteiger charge is 2.30. The number of rotatable bonds is 4. The lowest BCUT2D eigenvalue weighted by molar-refractivity contribution is 0.00454. The maximum atomic E-state index is 15.0. The van der Waals surface area contributed by atoms with Crippen LogP contribution in [0.15, 0.2) is 41.6 Å². The number of fused-ring (bicyclic) bond motifs is 1. The molecule has 0 amide bonds. The van der Waals surface area contributed by atoms with Gasteiger partial charge in [-0.1, -0.05) is 23.2 Å². The Morgan fingerprint density at radius 3 is 2.74 bits per heavy atom. The van der Waals surface area contributed by atoms with Gasteiger partial charge in [0.05, 0.1) is 29.7 Å². The van der Waals surface area contributed by atoms with Gasteiger partial charge in [0.1, 0.15) is 16.5 Å². The van der Waals surface area contributed by atoms with Crippen LogP contribution in [0.5, 0.6) is 0 Å². The number of aromatic nitrogens is 5. The van der Waals surface area contributed by atoms with Crippen molar-refractivity contribution >= 4 is 28.8 Å². The van der Waals surface area contributed by atoms with E-state index in [2.05, 4.69) is 16.3 Å². The van der Waals surface area contributed by atoms with Crippen molar-refractivity contribution < 1.29 is 9.13 Å². The lowest BCUT2D eigenvalue weighted by Crippen LogP contribution is -2.23. The van der Waals surface area contributed by atoms with E-state index in [4.69, 9.17) is 32.9 Å². The molecule has 4 aromatic rings. The summed E-state index contributed by atoms with van der Waals surface area (Å²) in [7, 11) is 0. The SMILES string of the molecule is Cc1nc2c(-c3ccc(Cl)cc3F)nc([C@H]3CCO[C@H](c4cnn(C5CC5)c4)C3)cn2c(=O)c1Cl. The highest BCUT2D eigenvalue weighted by molar-refractivity contribution is 6.31. The van der Waals surface area contributed by atoms with Crippen molar-refractivity contribution in [2.45, 2.75) is 50.7 Å². The van der Waals surface area contributed by atoms with Crippen LogP contribution in [0.25, 0.3) is 16.9 Å². The van der Waals surface area contributed by atoms with Crippen molar-refractivity contribution in [3.05, 3.63) is 80.0 Å². The maximum Gasteiger partial charge on any atom is 0.277 e. The van der Waals surface area contributed by atoms with Gasteiger partial charge < -0.3 is 4.74 Å². The summed E-state index contributed by atoms with van der Waals surface area (Å²) in [5.41, 5.74) is 2.38. The van der Waals surface area contributed by atoms with Crippen LogP contribution < -0.4 is 5.56 Å². The summed E-state index contributed by atoms with van der Waals surface area (Å²) in [5, 5.41) is 4.79. The van der Waals surface area contributed by atoms with E-state index in [0.717, 1.165) is 24.8 Å². The minimum absolute atomic E-state index is 0.0106. The van der Waals surface area contributed by atoms with Crippen LogP contribution in [0.1, 0.15) is 60.7 Å². The van der Waals surface area contributed by atoms with Gasteiger partial charge in [-0.3, -0.25) is 13.9 Å². The van der Waals surface area contributed by atoms with Gasteiger partial charge in [0.2, 0.25) is 0 Å². The number of hydrogen-bond acceptors (Lipinski definition) is 5. The van der Waals surface area contributed by atoms with E-state index in [1.165, 1.54) is 10.5 Å². The zero-order valence-electron chi connectivity index (χ0n) is 18.9. The zero-order chi connectivity index (χ0) is 24.3. The number of benzene rings is 1. The van der Waals surface area contributed by atoms with Crippen molar-refractivity contribution in [1.82, 2.24) is 24.1 Å². The minimum atomic E-state index is -0.539. The molecule has 1 aliphatic heterocycles. The number of aryl methyl sites for hydroxylation is 1. The maximum absolute atomic E-state index is 15.0.